The summed E-state index contributed by atoms with van der Waals surface area (Å²) in [5, 5.41) is 18.2. The van der Waals surface area contributed by atoms with Crippen LogP contribution in [0.25, 0.3) is 0 Å². The van der Waals surface area contributed by atoms with Crippen LogP contribution in [0.5, 0.6) is 0 Å². The lowest BCUT2D eigenvalue weighted by atomic mass is 9.96. The standard InChI is InChI=1S/C18H30O4/c19-15(20)17(11-12-17)9-7-5-3-1-2-4-6-8-10-18(13-14-18)16(21)22/h1-14H2,(H,19,20)(H,21,22). The van der Waals surface area contributed by atoms with Crippen LogP contribution in [-0.2, 0) is 9.59 Å². The van der Waals surface area contributed by atoms with Crippen molar-refractivity contribution in [2.75, 3.05) is 0 Å². The average Bonchev–Trinajstić information content (AvgIpc) is 3.35. The van der Waals surface area contributed by atoms with E-state index >= 15 is 0 Å². The molecule has 2 N–H and O–H groups in total. The Labute approximate surface area is 133 Å². The molecule has 0 heterocycles. The fraction of sp³-hybridized carbons (Fsp3) is 0.889. The van der Waals surface area contributed by atoms with E-state index in [0.717, 1.165) is 64.2 Å². The van der Waals surface area contributed by atoms with Crippen molar-refractivity contribution in [1.82, 2.24) is 0 Å². The highest BCUT2D eigenvalue weighted by Gasteiger charge is 2.49. The summed E-state index contributed by atoms with van der Waals surface area (Å²) >= 11 is 0. The van der Waals surface area contributed by atoms with Crippen LogP contribution in [0.1, 0.15) is 89.9 Å². The number of hydrogen-bond donors (Lipinski definition) is 2. The van der Waals surface area contributed by atoms with Gasteiger partial charge >= 0.3 is 11.9 Å². The molecule has 0 spiro atoms. The quantitative estimate of drug-likeness (QED) is 0.487. The zero-order valence-electron chi connectivity index (χ0n) is 13.6. The summed E-state index contributed by atoms with van der Waals surface area (Å²) in [5.74, 6) is -1.19. The third-order valence-electron chi connectivity index (χ3n) is 5.68. The lowest BCUT2D eigenvalue weighted by Gasteiger charge is -2.09. The number of rotatable bonds is 13. The Balaban J connectivity index is 1.36. The maximum absolute atomic E-state index is 11.0. The maximum Gasteiger partial charge on any atom is 0.309 e. The van der Waals surface area contributed by atoms with Crippen LogP contribution in [0.2, 0.25) is 0 Å². The van der Waals surface area contributed by atoms with Crippen molar-refractivity contribution in [3.63, 3.8) is 0 Å². The van der Waals surface area contributed by atoms with Crippen LogP contribution >= 0.6 is 0 Å². The number of unbranched alkanes of at least 4 members (excludes halogenated alkanes) is 7. The summed E-state index contributed by atoms with van der Waals surface area (Å²) in [5.41, 5.74) is -0.689. The summed E-state index contributed by atoms with van der Waals surface area (Å²) in [4.78, 5) is 22.1. The highest BCUT2D eigenvalue weighted by Crippen LogP contribution is 2.50. The highest BCUT2D eigenvalue weighted by atomic mass is 16.4. The fourth-order valence-corrected chi connectivity index (χ4v) is 3.43. The first-order valence-corrected chi connectivity index (χ1v) is 8.98. The minimum absolute atomic E-state index is 0.344. The maximum atomic E-state index is 11.0. The average molecular weight is 310 g/mol. The topological polar surface area (TPSA) is 74.6 Å². The summed E-state index contributed by atoms with van der Waals surface area (Å²) in [6.45, 7) is 0. The summed E-state index contributed by atoms with van der Waals surface area (Å²) < 4.78 is 0. The Hall–Kier alpha value is -1.06. The number of aliphatic carboxylic acids is 2. The zero-order chi connectivity index (χ0) is 16.1. The Morgan fingerprint density at radius 3 is 1.09 bits per heavy atom. The predicted molar refractivity (Wildman–Crippen MR) is 84.8 cm³/mol. The second-order valence-electron chi connectivity index (χ2n) is 7.50. The van der Waals surface area contributed by atoms with Gasteiger partial charge in [0.1, 0.15) is 0 Å². The van der Waals surface area contributed by atoms with Crippen LogP contribution < -0.4 is 0 Å². The highest BCUT2D eigenvalue weighted by molar-refractivity contribution is 5.78. The lowest BCUT2D eigenvalue weighted by Crippen LogP contribution is -2.14. The second-order valence-corrected chi connectivity index (χ2v) is 7.50. The molecule has 0 aromatic carbocycles. The largest absolute Gasteiger partial charge is 0.481 e. The number of hydrogen-bond acceptors (Lipinski definition) is 2. The molecule has 126 valence electrons. The van der Waals surface area contributed by atoms with Crippen LogP contribution in [0.15, 0.2) is 0 Å². The summed E-state index contributed by atoms with van der Waals surface area (Å²) in [6.07, 6.45) is 14.5. The number of carboxylic acids is 2. The van der Waals surface area contributed by atoms with Crippen molar-refractivity contribution in [3.05, 3.63) is 0 Å². The van der Waals surface area contributed by atoms with Gasteiger partial charge in [-0.1, -0.05) is 51.4 Å². The molecule has 0 aliphatic heterocycles. The van der Waals surface area contributed by atoms with Gasteiger partial charge < -0.3 is 10.2 Å². The van der Waals surface area contributed by atoms with Crippen LogP contribution in [-0.4, -0.2) is 22.2 Å². The van der Waals surface area contributed by atoms with E-state index in [1.54, 1.807) is 0 Å². The molecule has 2 saturated carbocycles. The van der Waals surface area contributed by atoms with Crippen molar-refractivity contribution >= 4 is 11.9 Å². The Kier molecular flexibility index (Phi) is 5.87. The van der Waals surface area contributed by atoms with Gasteiger partial charge in [0, 0.05) is 0 Å². The third-order valence-corrected chi connectivity index (χ3v) is 5.68. The van der Waals surface area contributed by atoms with Crippen LogP contribution in [0.3, 0.4) is 0 Å². The Morgan fingerprint density at radius 2 is 0.864 bits per heavy atom. The molecular formula is C18H30O4. The first kappa shape index (κ1) is 17.3. The van der Waals surface area contributed by atoms with Gasteiger partial charge in [-0.25, -0.2) is 0 Å². The molecule has 0 radical (unpaired) electrons. The molecule has 2 rings (SSSR count). The van der Waals surface area contributed by atoms with E-state index in [1.165, 1.54) is 25.7 Å². The molecule has 0 aromatic rings. The van der Waals surface area contributed by atoms with Crippen molar-refractivity contribution in [2.24, 2.45) is 10.8 Å². The molecule has 0 bridgehead atoms. The second kappa shape index (κ2) is 7.47. The molecule has 4 heteroatoms. The van der Waals surface area contributed by atoms with Crippen LogP contribution in [0, 0.1) is 10.8 Å². The third kappa shape index (κ3) is 4.72. The molecule has 22 heavy (non-hydrogen) atoms. The first-order chi connectivity index (χ1) is 10.5. The monoisotopic (exact) mass is 310 g/mol. The Morgan fingerprint density at radius 1 is 0.591 bits per heavy atom. The summed E-state index contributed by atoms with van der Waals surface area (Å²) in [6, 6.07) is 0. The van der Waals surface area contributed by atoms with Gasteiger partial charge in [-0.2, -0.15) is 0 Å². The predicted octanol–water partition coefficient (Wildman–Crippen LogP) is 4.62. The lowest BCUT2D eigenvalue weighted by molar-refractivity contribution is -0.144. The van der Waals surface area contributed by atoms with Crippen molar-refractivity contribution in [3.8, 4) is 0 Å². The molecule has 0 aromatic heterocycles. The molecule has 2 fully saturated rings. The van der Waals surface area contributed by atoms with Gasteiger partial charge in [0.2, 0.25) is 0 Å². The Bertz CT molecular complexity index is 356. The van der Waals surface area contributed by atoms with E-state index in [2.05, 4.69) is 0 Å². The van der Waals surface area contributed by atoms with Gasteiger partial charge in [-0.3, -0.25) is 9.59 Å². The molecule has 0 unspecified atom stereocenters. The van der Waals surface area contributed by atoms with Crippen molar-refractivity contribution in [1.29, 1.82) is 0 Å². The number of carbonyl (C=O) groups is 2. The van der Waals surface area contributed by atoms with E-state index in [4.69, 9.17) is 10.2 Å². The summed E-state index contributed by atoms with van der Waals surface area (Å²) in [7, 11) is 0. The SMILES string of the molecule is O=C(O)C1(CCCCCCCCCCC2(C(=O)O)CC2)CC1. The fourth-order valence-electron chi connectivity index (χ4n) is 3.43. The number of carboxylic acid groups (broad SMARTS) is 2. The van der Waals surface area contributed by atoms with Crippen molar-refractivity contribution < 1.29 is 19.8 Å². The molecule has 0 atom stereocenters. The molecular weight excluding hydrogens is 280 g/mol. The van der Waals surface area contributed by atoms with E-state index in [-0.39, 0.29) is 10.8 Å². The first-order valence-electron chi connectivity index (χ1n) is 8.98. The molecule has 2 aliphatic carbocycles. The van der Waals surface area contributed by atoms with Gasteiger partial charge in [0.05, 0.1) is 10.8 Å². The van der Waals surface area contributed by atoms with Gasteiger partial charge in [-0.15, -0.1) is 0 Å². The van der Waals surface area contributed by atoms with E-state index in [9.17, 15) is 9.59 Å². The smallest absolute Gasteiger partial charge is 0.309 e. The minimum Gasteiger partial charge on any atom is -0.481 e. The molecule has 4 nitrogen and oxygen atoms in total. The van der Waals surface area contributed by atoms with Crippen LogP contribution in [0.4, 0.5) is 0 Å². The molecule has 2 aliphatic rings. The minimum atomic E-state index is -0.595. The van der Waals surface area contributed by atoms with E-state index in [1.807, 2.05) is 0 Å². The van der Waals surface area contributed by atoms with Gasteiger partial charge in [0.25, 0.3) is 0 Å². The van der Waals surface area contributed by atoms with Gasteiger partial charge in [0.15, 0.2) is 0 Å². The zero-order valence-corrected chi connectivity index (χ0v) is 13.6. The van der Waals surface area contributed by atoms with Gasteiger partial charge in [-0.05, 0) is 38.5 Å². The van der Waals surface area contributed by atoms with E-state index < -0.39 is 11.9 Å². The van der Waals surface area contributed by atoms with Crippen molar-refractivity contribution in [2.45, 2.75) is 89.9 Å². The molecule has 0 amide bonds. The van der Waals surface area contributed by atoms with E-state index in [0.29, 0.717) is 0 Å². The molecule has 0 saturated heterocycles. The normalized spacial score (nSPS) is 20.5.